The first-order valence-corrected chi connectivity index (χ1v) is 6.89. The van der Waals surface area contributed by atoms with Gasteiger partial charge in [0.2, 0.25) is 0 Å². The number of anilines is 1. The minimum Gasteiger partial charge on any atom is -0.380 e. The highest BCUT2D eigenvalue weighted by molar-refractivity contribution is 14.0. The maximum atomic E-state index is 5.90. The molecule has 0 fully saturated rings. The van der Waals surface area contributed by atoms with Crippen LogP contribution in [0.1, 0.15) is 16.1 Å². The molecule has 0 aliphatic rings. The lowest BCUT2D eigenvalue weighted by molar-refractivity contribution is 0.185. The second kappa shape index (κ2) is 8.90. The van der Waals surface area contributed by atoms with Crippen molar-refractivity contribution < 1.29 is 4.74 Å². The number of guanidine groups is 1. The average molecular weight is 419 g/mol. The van der Waals surface area contributed by atoms with Gasteiger partial charge in [0.25, 0.3) is 0 Å². The normalized spacial score (nSPS) is 11.0. The lowest BCUT2D eigenvalue weighted by atomic mass is 10.2. The number of aromatic nitrogens is 2. The number of nitrogens with two attached hydrogens (primary N) is 1. The molecule has 0 aliphatic heterocycles. The van der Waals surface area contributed by atoms with E-state index in [2.05, 4.69) is 19.9 Å². The first-order chi connectivity index (χ1) is 9.70. The Balaban J connectivity index is 0.00000220. The molecule has 114 valence electrons. The molecule has 1 aromatic carbocycles. The van der Waals surface area contributed by atoms with E-state index in [1.54, 1.807) is 7.11 Å². The molecule has 0 saturated heterocycles. The van der Waals surface area contributed by atoms with Crippen molar-refractivity contribution in [3.05, 3.63) is 40.4 Å². The van der Waals surface area contributed by atoms with Crippen LogP contribution in [-0.4, -0.2) is 22.7 Å². The molecule has 0 atom stereocenters. The lowest BCUT2D eigenvalue weighted by Crippen LogP contribution is -2.23. The largest absolute Gasteiger partial charge is 0.380 e. The summed E-state index contributed by atoms with van der Waals surface area (Å²) in [5, 5.41) is 7.03. The molecule has 2 rings (SSSR count). The summed E-state index contributed by atoms with van der Waals surface area (Å²) in [5.74, 6) is 0.362. The fourth-order valence-corrected chi connectivity index (χ4v) is 2.21. The predicted octanol–water partition coefficient (Wildman–Crippen LogP) is 2.54. The van der Waals surface area contributed by atoms with Crippen molar-refractivity contribution >= 4 is 47.2 Å². The number of nitrogens with zero attached hydrogens (tertiary/aromatic N) is 3. The van der Waals surface area contributed by atoms with Crippen LogP contribution in [0.2, 0.25) is 0 Å². The van der Waals surface area contributed by atoms with Crippen LogP contribution in [0.25, 0.3) is 0 Å². The van der Waals surface area contributed by atoms with E-state index in [1.807, 2.05) is 31.2 Å². The quantitative estimate of drug-likeness (QED) is 0.442. The number of ether oxygens (including phenoxy) is 1. The summed E-state index contributed by atoms with van der Waals surface area (Å²) in [6.07, 6.45) is 0. The molecule has 0 bridgehead atoms. The van der Waals surface area contributed by atoms with Gasteiger partial charge in [-0.1, -0.05) is 22.7 Å². The fraction of sp³-hybridized carbons (Fsp3) is 0.308. The predicted molar refractivity (Wildman–Crippen MR) is 96.2 cm³/mol. The van der Waals surface area contributed by atoms with Crippen LogP contribution in [0, 0.1) is 6.92 Å². The van der Waals surface area contributed by atoms with E-state index in [0.717, 1.165) is 21.8 Å². The Kier molecular flexibility index (Phi) is 7.54. The monoisotopic (exact) mass is 419 g/mol. The van der Waals surface area contributed by atoms with E-state index in [9.17, 15) is 0 Å². The second-order valence-corrected chi connectivity index (χ2v) is 5.04. The Morgan fingerprint density at radius 1 is 1.43 bits per heavy atom. The van der Waals surface area contributed by atoms with Crippen molar-refractivity contribution in [3.8, 4) is 0 Å². The molecule has 0 spiro atoms. The Hall–Kier alpha value is -1.26. The summed E-state index contributed by atoms with van der Waals surface area (Å²) < 4.78 is 9.02. The lowest BCUT2D eigenvalue weighted by Gasteiger charge is -2.10. The Morgan fingerprint density at radius 2 is 2.19 bits per heavy atom. The van der Waals surface area contributed by atoms with Gasteiger partial charge in [-0.15, -0.1) is 29.1 Å². The van der Waals surface area contributed by atoms with Crippen molar-refractivity contribution in [1.29, 1.82) is 0 Å². The maximum Gasteiger partial charge on any atom is 0.193 e. The summed E-state index contributed by atoms with van der Waals surface area (Å²) in [4.78, 5) is 5.31. The van der Waals surface area contributed by atoms with E-state index in [1.165, 1.54) is 11.5 Å². The van der Waals surface area contributed by atoms with Gasteiger partial charge in [-0.25, -0.2) is 4.99 Å². The highest BCUT2D eigenvalue weighted by atomic mass is 127. The topological polar surface area (TPSA) is 85.4 Å². The molecule has 8 heteroatoms. The molecule has 21 heavy (non-hydrogen) atoms. The molecule has 0 unspecified atom stereocenters. The van der Waals surface area contributed by atoms with Crippen LogP contribution in [0.4, 0.5) is 5.69 Å². The molecule has 0 radical (unpaired) electrons. The number of nitrogens with one attached hydrogen (secondary N) is 1. The number of aliphatic imine (C=N–C) groups is 1. The van der Waals surface area contributed by atoms with Gasteiger partial charge in [0.15, 0.2) is 5.96 Å². The summed E-state index contributed by atoms with van der Waals surface area (Å²) in [6.45, 7) is 2.91. The minimum atomic E-state index is 0. The summed E-state index contributed by atoms with van der Waals surface area (Å²) >= 11 is 1.34. The molecule has 1 heterocycles. The van der Waals surface area contributed by atoms with Crippen LogP contribution in [0.15, 0.2) is 29.3 Å². The van der Waals surface area contributed by atoms with Gasteiger partial charge < -0.3 is 15.8 Å². The number of hydrogen-bond acceptors (Lipinski definition) is 5. The van der Waals surface area contributed by atoms with Crippen LogP contribution >= 0.6 is 35.5 Å². The first kappa shape index (κ1) is 17.8. The number of methoxy groups -OCH3 is 1. The molecule has 1 aromatic heterocycles. The molecule has 6 nitrogen and oxygen atoms in total. The number of benzene rings is 1. The fourth-order valence-electron chi connectivity index (χ4n) is 1.65. The van der Waals surface area contributed by atoms with Crippen molar-refractivity contribution in [2.75, 3.05) is 12.4 Å². The number of aryl methyl sites for hydroxylation is 1. The third kappa shape index (κ3) is 5.21. The molecular weight excluding hydrogens is 401 g/mol. The standard InChI is InChI=1S/C13H17N5OS.HI/c1-9-12(20-18-17-9)7-15-13(14)16-11-6-4-3-5-10(11)8-19-2;/h3-6H,7-8H2,1-2H3,(H3,14,15,16);1H. The SMILES string of the molecule is COCc1ccccc1NC(N)=NCc1snnc1C.I. The van der Waals surface area contributed by atoms with E-state index in [-0.39, 0.29) is 24.0 Å². The Morgan fingerprint density at radius 3 is 2.86 bits per heavy atom. The highest BCUT2D eigenvalue weighted by Gasteiger charge is 2.04. The molecule has 3 N–H and O–H groups in total. The van der Waals surface area contributed by atoms with Crippen LogP contribution in [0.3, 0.4) is 0 Å². The number of rotatable bonds is 5. The van der Waals surface area contributed by atoms with E-state index < -0.39 is 0 Å². The molecule has 0 saturated carbocycles. The van der Waals surface area contributed by atoms with Crippen molar-refractivity contribution in [1.82, 2.24) is 9.59 Å². The second-order valence-electron chi connectivity index (χ2n) is 4.20. The average Bonchev–Trinajstić information content (AvgIpc) is 2.84. The smallest absolute Gasteiger partial charge is 0.193 e. The number of halogens is 1. The zero-order valence-electron chi connectivity index (χ0n) is 11.9. The van der Waals surface area contributed by atoms with Gasteiger partial charge in [-0.05, 0) is 24.5 Å². The van der Waals surface area contributed by atoms with Gasteiger partial charge in [-0.2, -0.15) is 0 Å². The van der Waals surface area contributed by atoms with Gasteiger partial charge in [0.1, 0.15) is 0 Å². The van der Waals surface area contributed by atoms with Crippen LogP contribution in [0.5, 0.6) is 0 Å². The third-order valence-electron chi connectivity index (χ3n) is 2.72. The van der Waals surface area contributed by atoms with Crippen LogP contribution in [-0.2, 0) is 17.9 Å². The van der Waals surface area contributed by atoms with Gasteiger partial charge in [0.05, 0.1) is 23.7 Å². The summed E-state index contributed by atoms with van der Waals surface area (Å²) in [7, 11) is 1.66. The van der Waals surface area contributed by atoms with E-state index >= 15 is 0 Å². The van der Waals surface area contributed by atoms with Gasteiger partial charge >= 0.3 is 0 Å². The van der Waals surface area contributed by atoms with Crippen LogP contribution < -0.4 is 11.1 Å². The zero-order chi connectivity index (χ0) is 14.4. The Bertz CT molecular complexity index is 602. The van der Waals surface area contributed by atoms with Gasteiger partial charge in [0, 0.05) is 18.4 Å². The zero-order valence-corrected chi connectivity index (χ0v) is 15.0. The van der Waals surface area contributed by atoms with Crippen molar-refractivity contribution in [2.24, 2.45) is 10.7 Å². The summed E-state index contributed by atoms with van der Waals surface area (Å²) in [5.41, 5.74) is 8.72. The molecule has 0 amide bonds. The number of hydrogen-bond donors (Lipinski definition) is 2. The summed E-state index contributed by atoms with van der Waals surface area (Å²) in [6, 6.07) is 7.82. The van der Waals surface area contributed by atoms with E-state index in [0.29, 0.717) is 19.1 Å². The minimum absolute atomic E-state index is 0. The molecular formula is C13H18IN5OS. The third-order valence-corrected chi connectivity index (χ3v) is 3.53. The first-order valence-electron chi connectivity index (χ1n) is 6.12. The van der Waals surface area contributed by atoms with Crippen molar-refractivity contribution in [3.63, 3.8) is 0 Å². The van der Waals surface area contributed by atoms with Crippen molar-refractivity contribution in [2.45, 2.75) is 20.1 Å². The molecule has 0 aliphatic carbocycles. The highest BCUT2D eigenvalue weighted by Crippen LogP contribution is 2.16. The molecule has 2 aromatic rings. The Labute approximate surface area is 145 Å². The number of para-hydroxylation sites is 1. The van der Waals surface area contributed by atoms with Gasteiger partial charge in [-0.3, -0.25) is 0 Å². The maximum absolute atomic E-state index is 5.90. The van der Waals surface area contributed by atoms with E-state index in [4.69, 9.17) is 10.5 Å².